The Morgan fingerprint density at radius 2 is 1.97 bits per heavy atom. The van der Waals surface area contributed by atoms with E-state index in [0.29, 0.717) is 11.3 Å². The number of benzene rings is 1. The Hall–Kier alpha value is -3.76. The molecule has 4 aromatic rings. The molecule has 4 rings (SSSR count). The van der Waals surface area contributed by atoms with E-state index in [1.165, 1.54) is 4.68 Å². The predicted molar refractivity (Wildman–Crippen MR) is 115 cm³/mol. The van der Waals surface area contributed by atoms with Crippen LogP contribution in [0, 0.1) is 25.2 Å². The van der Waals surface area contributed by atoms with Gasteiger partial charge in [-0.2, -0.15) is 15.5 Å². The van der Waals surface area contributed by atoms with Gasteiger partial charge in [0.15, 0.2) is 0 Å². The number of hydrogen-bond acceptors (Lipinski definition) is 5. The van der Waals surface area contributed by atoms with Crippen LogP contribution in [0.2, 0.25) is 0 Å². The fourth-order valence-electron chi connectivity index (χ4n) is 3.08. The van der Waals surface area contributed by atoms with E-state index in [1.54, 1.807) is 42.1 Å². The highest BCUT2D eigenvalue weighted by Gasteiger charge is 2.13. The molecule has 0 fully saturated rings. The number of aryl methyl sites for hydroxylation is 2. The highest BCUT2D eigenvalue weighted by Crippen LogP contribution is 2.27. The molecule has 0 bridgehead atoms. The van der Waals surface area contributed by atoms with Gasteiger partial charge >= 0.3 is 0 Å². The van der Waals surface area contributed by atoms with Crippen LogP contribution in [0.15, 0.2) is 70.0 Å². The first-order valence-corrected chi connectivity index (χ1v) is 9.83. The summed E-state index contributed by atoms with van der Waals surface area (Å²) in [5, 5.41) is 20.4. The molecule has 0 unspecified atom stereocenters. The van der Waals surface area contributed by atoms with E-state index in [2.05, 4.69) is 5.10 Å². The van der Waals surface area contributed by atoms with Crippen LogP contribution in [-0.2, 0) is 0 Å². The van der Waals surface area contributed by atoms with Crippen LogP contribution in [0.25, 0.3) is 16.3 Å². The molecule has 7 heteroatoms. The van der Waals surface area contributed by atoms with Crippen molar-refractivity contribution in [1.82, 2.24) is 14.5 Å². The van der Waals surface area contributed by atoms with E-state index in [9.17, 15) is 10.1 Å². The number of nitrogens with zero attached hydrogens (tertiary/aromatic N) is 5. The Balaban J connectivity index is 1.83. The van der Waals surface area contributed by atoms with Crippen molar-refractivity contribution in [2.75, 3.05) is 0 Å². The zero-order chi connectivity index (χ0) is 20.4. The topological polar surface area (TPSA) is 76.0 Å². The summed E-state index contributed by atoms with van der Waals surface area (Å²) in [4.78, 5) is 13.6. The molecular weight excluding hydrogens is 382 g/mol. The van der Waals surface area contributed by atoms with Crippen molar-refractivity contribution in [2.24, 2.45) is 5.10 Å². The van der Waals surface area contributed by atoms with Gasteiger partial charge in [0.05, 0.1) is 16.8 Å². The van der Waals surface area contributed by atoms with Crippen molar-refractivity contribution in [2.45, 2.75) is 13.8 Å². The summed E-state index contributed by atoms with van der Waals surface area (Å²) in [6, 6.07) is 17.5. The molecule has 0 N–H and O–H groups in total. The van der Waals surface area contributed by atoms with E-state index in [-0.39, 0.29) is 5.56 Å². The van der Waals surface area contributed by atoms with Gasteiger partial charge in [-0.05, 0) is 49.1 Å². The van der Waals surface area contributed by atoms with Crippen LogP contribution in [-0.4, -0.2) is 20.7 Å². The molecule has 6 nitrogen and oxygen atoms in total. The standard InChI is InChI=1S/C22H17N5OS/c1-15-11-16(2)27(22(28)19(15)12-23)24-13-17-14-26(18-7-4-3-5-8-18)25-21(17)20-9-6-10-29-20/h3-11,13-14H,1-2H3. The normalized spacial score (nSPS) is 11.1. The van der Waals surface area contributed by atoms with Crippen molar-refractivity contribution >= 4 is 17.6 Å². The van der Waals surface area contributed by atoms with Gasteiger partial charge in [0.2, 0.25) is 0 Å². The van der Waals surface area contributed by atoms with Crippen LogP contribution in [0.4, 0.5) is 0 Å². The maximum atomic E-state index is 12.6. The third kappa shape index (κ3) is 3.53. The molecule has 1 aromatic carbocycles. The smallest absolute Gasteiger partial charge is 0.266 e. The van der Waals surface area contributed by atoms with Crippen molar-refractivity contribution in [1.29, 1.82) is 5.26 Å². The Kier molecular flexibility index (Phi) is 4.94. The van der Waals surface area contributed by atoms with Gasteiger partial charge in [-0.1, -0.05) is 24.3 Å². The summed E-state index contributed by atoms with van der Waals surface area (Å²) in [6.45, 7) is 3.54. The van der Waals surface area contributed by atoms with Crippen LogP contribution >= 0.6 is 11.3 Å². The minimum atomic E-state index is -0.422. The van der Waals surface area contributed by atoms with Crippen molar-refractivity contribution in [3.63, 3.8) is 0 Å². The second kappa shape index (κ2) is 7.70. The molecule has 0 radical (unpaired) electrons. The third-order valence-electron chi connectivity index (χ3n) is 4.50. The monoisotopic (exact) mass is 399 g/mol. The molecule has 0 atom stereocenters. The summed E-state index contributed by atoms with van der Waals surface area (Å²) in [5.41, 5.74) is 3.49. The van der Waals surface area contributed by atoms with E-state index in [1.807, 2.05) is 60.1 Å². The van der Waals surface area contributed by atoms with Crippen LogP contribution in [0.3, 0.4) is 0 Å². The second-order valence-corrected chi connectivity index (χ2v) is 7.46. The first-order chi connectivity index (χ1) is 14.1. The lowest BCUT2D eigenvalue weighted by atomic mass is 10.1. The van der Waals surface area contributed by atoms with Gasteiger partial charge in [-0.25, -0.2) is 9.36 Å². The van der Waals surface area contributed by atoms with Gasteiger partial charge in [-0.15, -0.1) is 11.3 Å². The summed E-state index contributed by atoms with van der Waals surface area (Å²) >= 11 is 1.59. The molecule has 3 heterocycles. The van der Waals surface area contributed by atoms with E-state index >= 15 is 0 Å². The zero-order valence-corrected chi connectivity index (χ0v) is 16.7. The van der Waals surface area contributed by atoms with E-state index in [4.69, 9.17) is 5.10 Å². The lowest BCUT2D eigenvalue weighted by Crippen LogP contribution is -2.22. The maximum Gasteiger partial charge on any atom is 0.289 e. The maximum absolute atomic E-state index is 12.6. The fourth-order valence-corrected chi connectivity index (χ4v) is 3.81. The molecule has 142 valence electrons. The lowest BCUT2D eigenvalue weighted by Gasteiger charge is -2.06. The summed E-state index contributed by atoms with van der Waals surface area (Å²) in [7, 11) is 0. The number of pyridine rings is 1. The molecule has 0 saturated heterocycles. The average Bonchev–Trinajstić information content (AvgIpc) is 3.38. The summed E-state index contributed by atoms with van der Waals surface area (Å²) in [6.07, 6.45) is 3.50. The first kappa shape index (κ1) is 18.6. The number of hydrogen-bond donors (Lipinski definition) is 0. The lowest BCUT2D eigenvalue weighted by molar-refractivity contribution is 0.786. The molecule has 0 amide bonds. The van der Waals surface area contributed by atoms with Crippen LogP contribution in [0.1, 0.15) is 22.4 Å². The first-order valence-electron chi connectivity index (χ1n) is 8.95. The van der Waals surface area contributed by atoms with Gasteiger partial charge in [0, 0.05) is 17.5 Å². The molecule has 29 heavy (non-hydrogen) atoms. The quantitative estimate of drug-likeness (QED) is 0.484. The molecule has 0 aliphatic rings. The number of thiophene rings is 1. The van der Waals surface area contributed by atoms with E-state index in [0.717, 1.165) is 21.8 Å². The highest BCUT2D eigenvalue weighted by atomic mass is 32.1. The fraction of sp³-hybridized carbons (Fsp3) is 0.0909. The van der Waals surface area contributed by atoms with Crippen LogP contribution < -0.4 is 5.56 Å². The van der Waals surface area contributed by atoms with Crippen molar-refractivity contribution in [3.8, 4) is 22.3 Å². The number of aromatic nitrogens is 3. The molecule has 0 aliphatic heterocycles. The van der Waals surface area contributed by atoms with E-state index < -0.39 is 5.56 Å². The van der Waals surface area contributed by atoms with Gasteiger partial charge in [0.1, 0.15) is 17.3 Å². The largest absolute Gasteiger partial charge is 0.289 e. The SMILES string of the molecule is Cc1cc(C)n(N=Cc2cn(-c3ccccc3)nc2-c2cccs2)c(=O)c1C#N. The Morgan fingerprint density at radius 3 is 2.66 bits per heavy atom. The Labute approximate surface area is 171 Å². The second-order valence-electron chi connectivity index (χ2n) is 6.51. The summed E-state index contributed by atoms with van der Waals surface area (Å²) < 4.78 is 3.05. The number of rotatable bonds is 4. The minimum absolute atomic E-state index is 0.103. The molecule has 0 saturated carbocycles. The molecular formula is C22H17N5OS. The van der Waals surface area contributed by atoms with Crippen molar-refractivity contribution < 1.29 is 0 Å². The van der Waals surface area contributed by atoms with Gasteiger partial charge in [0.25, 0.3) is 5.56 Å². The number of para-hydroxylation sites is 1. The minimum Gasteiger partial charge on any atom is -0.266 e. The molecule has 0 aliphatic carbocycles. The summed E-state index contributed by atoms with van der Waals surface area (Å²) in [5.74, 6) is 0. The average molecular weight is 399 g/mol. The van der Waals surface area contributed by atoms with Crippen molar-refractivity contribution in [3.05, 3.63) is 92.8 Å². The number of nitriles is 1. The van der Waals surface area contributed by atoms with Gasteiger partial charge < -0.3 is 0 Å². The predicted octanol–water partition coefficient (Wildman–Crippen LogP) is 4.13. The van der Waals surface area contributed by atoms with Crippen LogP contribution in [0.5, 0.6) is 0 Å². The Bertz CT molecular complexity index is 1290. The Morgan fingerprint density at radius 1 is 1.17 bits per heavy atom. The molecule has 3 aromatic heterocycles. The van der Waals surface area contributed by atoms with Gasteiger partial charge in [-0.3, -0.25) is 4.79 Å². The zero-order valence-electron chi connectivity index (χ0n) is 15.9. The molecule has 0 spiro atoms. The highest BCUT2D eigenvalue weighted by molar-refractivity contribution is 7.13. The third-order valence-corrected chi connectivity index (χ3v) is 5.38.